The first-order valence-corrected chi connectivity index (χ1v) is 14.6. The first-order chi connectivity index (χ1) is 17.4. The van der Waals surface area contributed by atoms with Crippen LogP contribution < -0.4 is 15.4 Å². The van der Waals surface area contributed by atoms with Gasteiger partial charge in [-0.25, -0.2) is 0 Å². The van der Waals surface area contributed by atoms with Crippen molar-refractivity contribution < 1.29 is 24.2 Å². The number of nitrogens with zero attached hydrogens (tertiary/aromatic N) is 1. The SMILES string of the molecule is CCCNC(=O)[C@H]1[C@@H]2SC3(CC2Br)C(C(=O)Nc2ccc(OC)cc2)N(CCCCCCO)C(=O)[C@H]13. The Labute approximate surface area is 225 Å². The molecule has 6 atom stereocenters. The monoisotopic (exact) mass is 581 g/mol. The highest BCUT2D eigenvalue weighted by molar-refractivity contribution is 9.09. The Hall–Kier alpha value is -1.78. The van der Waals surface area contributed by atoms with Crippen LogP contribution in [0.2, 0.25) is 0 Å². The molecular formula is C26H36BrN3O5S. The van der Waals surface area contributed by atoms with Crippen molar-refractivity contribution in [2.45, 2.75) is 66.3 Å². The topological polar surface area (TPSA) is 108 Å². The molecule has 2 bridgehead atoms. The highest BCUT2D eigenvalue weighted by Gasteiger charge is 2.75. The van der Waals surface area contributed by atoms with E-state index in [1.54, 1.807) is 48.0 Å². The maximum absolute atomic E-state index is 13.9. The van der Waals surface area contributed by atoms with Crippen LogP contribution in [0.25, 0.3) is 0 Å². The number of alkyl halides is 1. The minimum atomic E-state index is -0.658. The zero-order valence-electron chi connectivity index (χ0n) is 20.9. The Bertz CT molecular complexity index is 963. The van der Waals surface area contributed by atoms with Gasteiger partial charge in [0.1, 0.15) is 11.8 Å². The number of unbranched alkanes of at least 4 members (excludes halogenated alkanes) is 3. The fourth-order valence-corrected chi connectivity index (χ4v) is 9.58. The molecule has 4 rings (SSSR count). The van der Waals surface area contributed by atoms with E-state index in [1.165, 1.54) is 0 Å². The Morgan fingerprint density at radius 3 is 2.58 bits per heavy atom. The number of carbonyl (C=O) groups excluding carboxylic acids is 3. The van der Waals surface area contributed by atoms with Crippen molar-refractivity contribution in [2.24, 2.45) is 11.8 Å². The molecule has 198 valence electrons. The molecule has 0 aromatic heterocycles. The van der Waals surface area contributed by atoms with Gasteiger partial charge >= 0.3 is 0 Å². The van der Waals surface area contributed by atoms with Crippen molar-refractivity contribution in [2.75, 3.05) is 32.1 Å². The number of benzene rings is 1. The number of rotatable bonds is 12. The lowest BCUT2D eigenvalue weighted by Gasteiger charge is -2.35. The molecule has 36 heavy (non-hydrogen) atoms. The molecule has 3 fully saturated rings. The molecule has 1 spiro atoms. The molecule has 8 nitrogen and oxygen atoms in total. The number of nitrogens with one attached hydrogen (secondary N) is 2. The van der Waals surface area contributed by atoms with Gasteiger partial charge in [0.2, 0.25) is 17.7 Å². The number of thioether (sulfide) groups is 1. The highest BCUT2D eigenvalue weighted by atomic mass is 79.9. The summed E-state index contributed by atoms with van der Waals surface area (Å²) in [4.78, 5) is 42.8. The molecule has 3 aliphatic rings. The minimum Gasteiger partial charge on any atom is -0.497 e. The number of aliphatic hydroxyl groups is 1. The summed E-state index contributed by atoms with van der Waals surface area (Å²) in [5.74, 6) is -0.657. The van der Waals surface area contributed by atoms with Gasteiger partial charge in [0.25, 0.3) is 0 Å². The summed E-state index contributed by atoms with van der Waals surface area (Å²) in [7, 11) is 1.59. The number of fused-ring (bicyclic) bond motifs is 1. The molecule has 0 aliphatic carbocycles. The van der Waals surface area contributed by atoms with Crippen LogP contribution >= 0.6 is 27.7 Å². The third kappa shape index (κ3) is 5.00. The second-order valence-electron chi connectivity index (χ2n) is 9.84. The number of anilines is 1. The summed E-state index contributed by atoms with van der Waals surface area (Å²) in [5.41, 5.74) is 0.640. The Kier molecular flexibility index (Phi) is 8.88. The van der Waals surface area contributed by atoms with Gasteiger partial charge in [-0.3, -0.25) is 14.4 Å². The molecule has 3 heterocycles. The number of amides is 3. The molecular weight excluding hydrogens is 546 g/mol. The second kappa shape index (κ2) is 11.7. The van der Waals surface area contributed by atoms with E-state index in [-0.39, 0.29) is 34.4 Å². The van der Waals surface area contributed by atoms with Crippen LogP contribution in [0.15, 0.2) is 24.3 Å². The van der Waals surface area contributed by atoms with Crippen LogP contribution in [0, 0.1) is 11.8 Å². The molecule has 0 saturated carbocycles. The molecule has 3 amide bonds. The maximum atomic E-state index is 13.9. The van der Waals surface area contributed by atoms with Crippen molar-refractivity contribution in [3.05, 3.63) is 24.3 Å². The summed E-state index contributed by atoms with van der Waals surface area (Å²) in [6, 6.07) is 6.49. The van der Waals surface area contributed by atoms with Gasteiger partial charge in [0.05, 0.1) is 23.7 Å². The van der Waals surface area contributed by atoms with Gasteiger partial charge in [-0.05, 0) is 49.9 Å². The summed E-state index contributed by atoms with van der Waals surface area (Å²) in [6.45, 7) is 3.19. The number of ether oxygens (including phenoxy) is 1. The van der Waals surface area contributed by atoms with Crippen molar-refractivity contribution in [1.29, 1.82) is 0 Å². The molecule has 3 aliphatic heterocycles. The van der Waals surface area contributed by atoms with Crippen LogP contribution in [0.5, 0.6) is 5.75 Å². The van der Waals surface area contributed by atoms with E-state index in [0.717, 1.165) is 32.1 Å². The van der Waals surface area contributed by atoms with Crippen LogP contribution in [0.3, 0.4) is 0 Å². The van der Waals surface area contributed by atoms with Gasteiger partial charge < -0.3 is 25.4 Å². The normalized spacial score (nSPS) is 30.4. The summed E-state index contributed by atoms with van der Waals surface area (Å²) >= 11 is 5.44. The van der Waals surface area contributed by atoms with E-state index in [1.807, 2.05) is 6.92 Å². The molecule has 1 aromatic carbocycles. The zero-order valence-corrected chi connectivity index (χ0v) is 23.3. The summed E-state index contributed by atoms with van der Waals surface area (Å²) < 4.78 is 4.57. The van der Waals surface area contributed by atoms with E-state index in [4.69, 9.17) is 9.84 Å². The van der Waals surface area contributed by atoms with E-state index in [0.29, 0.717) is 30.9 Å². The van der Waals surface area contributed by atoms with Gasteiger partial charge in [0.15, 0.2) is 0 Å². The lowest BCUT2D eigenvalue weighted by atomic mass is 9.70. The lowest BCUT2D eigenvalue weighted by Crippen LogP contribution is -2.53. The predicted octanol–water partition coefficient (Wildman–Crippen LogP) is 3.18. The van der Waals surface area contributed by atoms with Gasteiger partial charge in [-0.1, -0.05) is 35.7 Å². The van der Waals surface area contributed by atoms with Gasteiger partial charge in [-0.15, -0.1) is 11.8 Å². The van der Waals surface area contributed by atoms with Crippen LogP contribution in [-0.4, -0.2) is 75.4 Å². The summed E-state index contributed by atoms with van der Waals surface area (Å²) in [6.07, 6.45) is 4.70. The fourth-order valence-electron chi connectivity index (χ4n) is 5.97. The number of likely N-dealkylation sites (tertiary alicyclic amines) is 1. The van der Waals surface area contributed by atoms with Crippen LogP contribution in [0.1, 0.15) is 45.4 Å². The Morgan fingerprint density at radius 1 is 1.19 bits per heavy atom. The average Bonchev–Trinajstić information content (AvgIpc) is 3.46. The van der Waals surface area contributed by atoms with Gasteiger partial charge in [-0.2, -0.15) is 0 Å². The number of hydrogen-bond acceptors (Lipinski definition) is 6. The van der Waals surface area contributed by atoms with E-state index in [2.05, 4.69) is 26.6 Å². The highest BCUT2D eigenvalue weighted by Crippen LogP contribution is 2.67. The predicted molar refractivity (Wildman–Crippen MR) is 144 cm³/mol. The molecule has 3 N–H and O–H groups in total. The van der Waals surface area contributed by atoms with Crippen molar-refractivity contribution in [3.8, 4) is 5.75 Å². The smallest absolute Gasteiger partial charge is 0.248 e. The van der Waals surface area contributed by atoms with Crippen molar-refractivity contribution >= 4 is 51.1 Å². The number of hydrogen-bond donors (Lipinski definition) is 3. The second-order valence-corrected chi connectivity index (χ2v) is 12.6. The number of carbonyl (C=O) groups is 3. The van der Waals surface area contributed by atoms with Crippen molar-refractivity contribution in [3.63, 3.8) is 0 Å². The van der Waals surface area contributed by atoms with Crippen molar-refractivity contribution in [1.82, 2.24) is 10.2 Å². The summed E-state index contributed by atoms with van der Waals surface area (Å²) in [5, 5.41) is 15.1. The largest absolute Gasteiger partial charge is 0.497 e. The zero-order chi connectivity index (χ0) is 25.9. The third-order valence-corrected chi connectivity index (χ3v) is 10.8. The maximum Gasteiger partial charge on any atom is 0.248 e. The lowest BCUT2D eigenvalue weighted by molar-refractivity contribution is -0.139. The quantitative estimate of drug-likeness (QED) is 0.258. The van der Waals surface area contributed by atoms with E-state index < -0.39 is 22.6 Å². The molecule has 1 aromatic rings. The first kappa shape index (κ1) is 27.3. The molecule has 10 heteroatoms. The number of methoxy groups -OCH3 is 1. The molecule has 3 unspecified atom stereocenters. The minimum absolute atomic E-state index is 0.0428. The standard InChI is InChI=1S/C26H36BrN3O5S/c1-3-12-28-23(32)19-20-25(34)30(13-6-4-5-7-14-31)22(26(20)15-18(27)21(19)36-26)24(33)29-16-8-10-17(35-2)11-9-16/h8-11,18-22,31H,3-7,12-15H2,1-2H3,(H,28,32)(H,29,33)/t18?,19-,20+,21-,22?,26?/m1/s1. The Balaban J connectivity index is 1.62. The van der Waals surface area contributed by atoms with E-state index >= 15 is 0 Å². The molecule has 0 radical (unpaired) electrons. The Morgan fingerprint density at radius 2 is 1.92 bits per heavy atom. The van der Waals surface area contributed by atoms with Crippen LogP contribution in [0.4, 0.5) is 5.69 Å². The fraction of sp³-hybridized carbons (Fsp3) is 0.654. The number of aliphatic hydroxyl groups excluding tert-OH is 1. The van der Waals surface area contributed by atoms with E-state index in [9.17, 15) is 14.4 Å². The first-order valence-electron chi connectivity index (χ1n) is 12.8. The van der Waals surface area contributed by atoms with Gasteiger partial charge in [0, 0.05) is 35.5 Å². The van der Waals surface area contributed by atoms with Crippen LogP contribution in [-0.2, 0) is 14.4 Å². The molecule has 3 saturated heterocycles. The average molecular weight is 583 g/mol. The third-order valence-electron chi connectivity index (χ3n) is 7.55. The number of halogens is 1.